The molecule has 0 spiro atoms. The van der Waals surface area contributed by atoms with Crippen molar-refractivity contribution >= 4 is 8.53 Å². The highest BCUT2D eigenvalue weighted by Gasteiger charge is 2.26. The van der Waals surface area contributed by atoms with Gasteiger partial charge in [0.25, 0.3) is 8.53 Å². The van der Waals surface area contributed by atoms with Crippen molar-refractivity contribution in [2.45, 2.75) is 71.9 Å². The van der Waals surface area contributed by atoms with Gasteiger partial charge in [0.2, 0.25) is 0 Å². The van der Waals surface area contributed by atoms with Gasteiger partial charge in [-0.05, 0) is 65.5 Å². The van der Waals surface area contributed by atoms with Crippen LogP contribution in [0.5, 0.6) is 0 Å². The van der Waals surface area contributed by atoms with Crippen molar-refractivity contribution in [2.24, 2.45) is 5.92 Å². The molecule has 0 fully saturated rings. The first-order chi connectivity index (χ1) is 20.0. The minimum absolute atomic E-state index is 0.316. The summed E-state index contributed by atoms with van der Waals surface area (Å²) in [4.78, 5) is 2.52. The van der Waals surface area contributed by atoms with E-state index in [0.717, 1.165) is 84.8 Å². The van der Waals surface area contributed by atoms with Crippen LogP contribution in [0.2, 0.25) is 0 Å². The molecule has 2 rings (SSSR count). The van der Waals surface area contributed by atoms with Gasteiger partial charge in [0.15, 0.2) is 0 Å². The van der Waals surface area contributed by atoms with Gasteiger partial charge in [-0.3, -0.25) is 0 Å². The molecule has 0 saturated carbocycles. The zero-order chi connectivity index (χ0) is 29.5. The van der Waals surface area contributed by atoms with Crippen LogP contribution in [-0.4, -0.2) is 94.0 Å². The molecule has 1 atom stereocenters. The molecule has 41 heavy (non-hydrogen) atoms. The van der Waals surface area contributed by atoms with Gasteiger partial charge in [-0.25, -0.2) is 4.67 Å². The Bertz CT molecular complexity index is 820. The first kappa shape index (κ1) is 35.8. The van der Waals surface area contributed by atoms with Crippen LogP contribution in [-0.2, 0) is 18.5 Å². The van der Waals surface area contributed by atoms with Crippen LogP contribution in [0.3, 0.4) is 0 Å². The molecular formula is C32H55N4O4P. The summed E-state index contributed by atoms with van der Waals surface area (Å²) in [5.74, 6) is 0.431. The van der Waals surface area contributed by atoms with Gasteiger partial charge in [-0.1, -0.05) is 42.5 Å². The average Bonchev–Trinajstić information content (AvgIpc) is 3.66. The van der Waals surface area contributed by atoms with Crippen LogP contribution in [0.1, 0.15) is 59.8 Å². The molecule has 0 amide bonds. The predicted octanol–water partition coefficient (Wildman–Crippen LogP) is 6.00. The summed E-state index contributed by atoms with van der Waals surface area (Å²) in [7, 11) is -1.17. The molecule has 0 aromatic carbocycles. The van der Waals surface area contributed by atoms with Crippen LogP contribution in [0.4, 0.5) is 0 Å². The third-order valence-corrected chi connectivity index (χ3v) is 8.86. The molecule has 1 unspecified atom stereocenters. The largest absolute Gasteiger partial charge is 0.380 e. The van der Waals surface area contributed by atoms with Gasteiger partial charge < -0.3 is 28.7 Å². The fourth-order valence-electron chi connectivity index (χ4n) is 4.74. The Labute approximate surface area is 251 Å². The van der Waals surface area contributed by atoms with Crippen LogP contribution < -0.4 is 5.32 Å². The molecule has 0 aromatic rings. The molecular weight excluding hydrogens is 535 g/mol. The number of rotatable bonds is 26. The smallest absolute Gasteiger partial charge is 0.259 e. The van der Waals surface area contributed by atoms with Crippen molar-refractivity contribution < 1.29 is 18.5 Å². The molecule has 0 saturated heterocycles. The number of nitrogens with zero attached hydrogens (tertiary/aromatic N) is 3. The van der Waals surface area contributed by atoms with Gasteiger partial charge in [0, 0.05) is 57.4 Å². The summed E-state index contributed by atoms with van der Waals surface area (Å²) in [5.41, 5.74) is 1.29. The second-order valence-corrected chi connectivity index (χ2v) is 12.5. The van der Waals surface area contributed by atoms with Crippen molar-refractivity contribution in [3.63, 3.8) is 0 Å². The monoisotopic (exact) mass is 590 g/mol. The van der Waals surface area contributed by atoms with Gasteiger partial charge in [0.05, 0.1) is 38.9 Å². The maximum atomic E-state index is 8.89. The fourth-order valence-corrected chi connectivity index (χ4v) is 6.37. The quantitative estimate of drug-likeness (QED) is 0.0971. The Morgan fingerprint density at radius 1 is 0.927 bits per heavy atom. The lowest BCUT2D eigenvalue weighted by atomic mass is 10.2. The van der Waals surface area contributed by atoms with E-state index in [1.54, 1.807) is 0 Å². The van der Waals surface area contributed by atoms with E-state index in [2.05, 4.69) is 91.2 Å². The number of hydrogen-bond acceptors (Lipinski definition) is 8. The number of hydrogen-bond donors (Lipinski definition) is 1. The lowest BCUT2D eigenvalue weighted by molar-refractivity contribution is 0.106. The van der Waals surface area contributed by atoms with Crippen LogP contribution in [0, 0.1) is 17.2 Å². The molecule has 0 bridgehead atoms. The summed E-state index contributed by atoms with van der Waals surface area (Å²) in [6.45, 7) is 17.6. The minimum atomic E-state index is -1.17. The molecule has 0 radical (unpaired) electrons. The Morgan fingerprint density at radius 2 is 1.63 bits per heavy atom. The normalized spacial score (nSPS) is 15.7. The summed E-state index contributed by atoms with van der Waals surface area (Å²) < 4.78 is 26.2. The molecule has 2 aliphatic carbocycles. The second-order valence-electron chi connectivity index (χ2n) is 11.0. The lowest BCUT2D eigenvalue weighted by Gasteiger charge is -2.35. The SMILES string of the molecule is CC(C)N(C(C)C)P(OCCC#N)OCCCNCCN(CCCOCC1=CCC=C1)CCCOCC1C=CC=C1. The molecule has 1 N–H and O–H groups in total. The zero-order valence-corrected chi connectivity index (χ0v) is 26.9. The molecule has 9 heteroatoms. The Balaban J connectivity index is 1.64. The number of allylic oxidation sites excluding steroid dienone is 4. The summed E-state index contributed by atoms with van der Waals surface area (Å²) in [6.07, 6.45) is 19.5. The van der Waals surface area contributed by atoms with E-state index in [4.69, 9.17) is 23.8 Å². The fraction of sp³-hybridized carbons (Fsp3) is 0.719. The molecule has 0 heterocycles. The Kier molecular flexibility index (Phi) is 20.2. The van der Waals surface area contributed by atoms with E-state index in [1.807, 2.05) is 0 Å². The minimum Gasteiger partial charge on any atom is -0.380 e. The standard InChI is InChI=1S/C32H55N4O4P/c1-29(2)36(30(3)4)41(39-25-9-17-33)40-26-10-18-34-19-22-35(20-11-23-37-27-31-13-5-6-14-31)21-12-24-38-28-32-15-7-8-16-32/h5-7,13-16,29-31,34H,8-12,18-28H2,1-4H3. The third kappa shape index (κ3) is 16.7. The number of nitriles is 1. The van der Waals surface area contributed by atoms with Crippen LogP contribution >= 0.6 is 8.53 Å². The molecule has 232 valence electrons. The first-order valence-electron chi connectivity index (χ1n) is 15.5. The second kappa shape index (κ2) is 23.1. The highest BCUT2D eigenvalue weighted by molar-refractivity contribution is 7.44. The highest BCUT2D eigenvalue weighted by atomic mass is 31.2. The molecule has 0 aliphatic heterocycles. The van der Waals surface area contributed by atoms with Crippen LogP contribution in [0.15, 0.2) is 48.1 Å². The number of nitrogens with one attached hydrogen (secondary N) is 1. The van der Waals surface area contributed by atoms with Crippen molar-refractivity contribution in [3.05, 3.63) is 48.1 Å². The van der Waals surface area contributed by atoms with Gasteiger partial charge in [-0.15, -0.1) is 0 Å². The van der Waals surface area contributed by atoms with E-state index in [-0.39, 0.29) is 0 Å². The maximum Gasteiger partial charge on any atom is 0.259 e. The van der Waals surface area contributed by atoms with E-state index in [9.17, 15) is 0 Å². The van der Waals surface area contributed by atoms with Gasteiger partial charge in [0.1, 0.15) is 0 Å². The topological polar surface area (TPSA) is 79.2 Å². The van der Waals surface area contributed by atoms with E-state index in [1.165, 1.54) is 5.57 Å². The predicted molar refractivity (Wildman–Crippen MR) is 170 cm³/mol. The van der Waals surface area contributed by atoms with E-state index < -0.39 is 8.53 Å². The van der Waals surface area contributed by atoms with Crippen molar-refractivity contribution in [3.8, 4) is 6.07 Å². The maximum absolute atomic E-state index is 8.89. The zero-order valence-electron chi connectivity index (χ0n) is 26.0. The summed E-state index contributed by atoms with van der Waals surface area (Å²) in [6, 6.07) is 2.79. The first-order valence-corrected chi connectivity index (χ1v) is 16.6. The molecule has 2 aliphatic rings. The summed E-state index contributed by atoms with van der Waals surface area (Å²) >= 11 is 0. The number of ether oxygens (including phenoxy) is 2. The van der Waals surface area contributed by atoms with Crippen LogP contribution in [0.25, 0.3) is 0 Å². The summed E-state index contributed by atoms with van der Waals surface area (Å²) in [5, 5.41) is 12.5. The van der Waals surface area contributed by atoms with Gasteiger partial charge in [-0.2, -0.15) is 5.26 Å². The Hall–Kier alpha value is -1.40. The Morgan fingerprint density at radius 3 is 2.29 bits per heavy atom. The van der Waals surface area contributed by atoms with Crippen molar-refractivity contribution in [1.82, 2.24) is 14.9 Å². The van der Waals surface area contributed by atoms with Crippen molar-refractivity contribution in [2.75, 3.05) is 72.4 Å². The third-order valence-electron chi connectivity index (χ3n) is 6.75. The molecule has 0 aromatic heterocycles. The van der Waals surface area contributed by atoms with E-state index >= 15 is 0 Å². The lowest BCUT2D eigenvalue weighted by Crippen LogP contribution is -2.35. The van der Waals surface area contributed by atoms with Crippen molar-refractivity contribution in [1.29, 1.82) is 5.26 Å². The van der Waals surface area contributed by atoms with E-state index in [0.29, 0.717) is 37.6 Å². The highest BCUT2D eigenvalue weighted by Crippen LogP contribution is 2.45. The van der Waals surface area contributed by atoms with Gasteiger partial charge >= 0.3 is 0 Å². The molecule has 8 nitrogen and oxygen atoms in total. The average molecular weight is 591 g/mol.